The maximum atomic E-state index is 12.2. The first-order valence-corrected chi connectivity index (χ1v) is 6.55. The van der Waals surface area contributed by atoms with E-state index >= 15 is 0 Å². The topological polar surface area (TPSA) is 17.1 Å². The molecule has 1 aromatic rings. The summed E-state index contributed by atoms with van der Waals surface area (Å²) in [5.41, 5.74) is 1.08. The number of ketones is 1. The van der Waals surface area contributed by atoms with Gasteiger partial charge in [0.15, 0.2) is 5.78 Å². The minimum absolute atomic E-state index is 0.206. The van der Waals surface area contributed by atoms with Crippen molar-refractivity contribution in [3.8, 4) is 0 Å². The van der Waals surface area contributed by atoms with Gasteiger partial charge in [0.2, 0.25) is 0 Å². The summed E-state index contributed by atoms with van der Waals surface area (Å²) >= 11 is 5.90. The van der Waals surface area contributed by atoms with Crippen LogP contribution in [0.3, 0.4) is 0 Å². The number of rotatable bonds is 2. The van der Waals surface area contributed by atoms with Crippen LogP contribution in [0.5, 0.6) is 0 Å². The lowest BCUT2D eigenvalue weighted by molar-refractivity contribution is 0.0544. The summed E-state index contributed by atoms with van der Waals surface area (Å²) in [7, 11) is 0. The van der Waals surface area contributed by atoms with Gasteiger partial charge in [0.25, 0.3) is 0 Å². The Kier molecular flexibility index (Phi) is 3.31. The zero-order valence-corrected chi connectivity index (χ0v) is 11.4. The van der Waals surface area contributed by atoms with Gasteiger partial charge < -0.3 is 0 Å². The molecule has 0 spiro atoms. The summed E-state index contributed by atoms with van der Waals surface area (Å²) in [6.07, 6.45) is 2.05. The fourth-order valence-electron chi connectivity index (χ4n) is 2.42. The van der Waals surface area contributed by atoms with E-state index in [-0.39, 0.29) is 11.7 Å². The van der Waals surface area contributed by atoms with Crippen LogP contribution in [0.4, 0.5) is 0 Å². The van der Waals surface area contributed by atoms with Crippen LogP contribution in [0.25, 0.3) is 0 Å². The van der Waals surface area contributed by atoms with E-state index in [4.69, 9.17) is 11.6 Å². The molecule has 1 aliphatic carbocycles. The Morgan fingerprint density at radius 1 is 1.29 bits per heavy atom. The number of Topliss-reactive ketones (excluding diaryl/α,β-unsaturated/α-hetero) is 1. The molecule has 1 aliphatic rings. The van der Waals surface area contributed by atoms with Crippen LogP contribution in [0.2, 0.25) is 5.02 Å². The molecule has 1 aromatic carbocycles. The van der Waals surface area contributed by atoms with Gasteiger partial charge in [-0.05, 0) is 36.3 Å². The fourth-order valence-corrected chi connectivity index (χ4v) is 2.61. The first-order chi connectivity index (χ1) is 7.88. The van der Waals surface area contributed by atoms with E-state index < -0.39 is 0 Å². The van der Waals surface area contributed by atoms with Crippen molar-refractivity contribution in [2.24, 2.45) is 17.3 Å². The van der Waals surface area contributed by atoms with E-state index in [1.165, 1.54) is 0 Å². The molecule has 0 unspecified atom stereocenters. The lowest BCUT2D eigenvalue weighted by Gasteiger charge is -2.43. The van der Waals surface area contributed by atoms with Crippen LogP contribution in [0, 0.1) is 17.3 Å². The molecule has 0 amide bonds. The summed E-state index contributed by atoms with van der Waals surface area (Å²) in [4.78, 5) is 12.2. The van der Waals surface area contributed by atoms with Gasteiger partial charge in [0, 0.05) is 16.5 Å². The van der Waals surface area contributed by atoms with E-state index in [2.05, 4.69) is 20.8 Å². The number of hydrogen-bond acceptors (Lipinski definition) is 1. The fraction of sp³-hybridized carbons (Fsp3) is 0.533. The van der Waals surface area contributed by atoms with Crippen molar-refractivity contribution in [2.75, 3.05) is 0 Å². The normalized spacial score (nSPS) is 24.2. The Bertz CT molecular complexity index is 425. The molecule has 0 aliphatic heterocycles. The SMILES string of the molecule is CC(C)(C)C1CC(C(=O)c2cccc(Cl)c2)C1. The van der Waals surface area contributed by atoms with Gasteiger partial charge in [-0.3, -0.25) is 4.79 Å². The van der Waals surface area contributed by atoms with Crippen molar-refractivity contribution in [3.05, 3.63) is 34.9 Å². The third kappa shape index (κ3) is 2.71. The monoisotopic (exact) mass is 250 g/mol. The van der Waals surface area contributed by atoms with E-state index in [1.807, 2.05) is 12.1 Å². The highest BCUT2D eigenvalue weighted by atomic mass is 35.5. The molecule has 17 heavy (non-hydrogen) atoms. The van der Waals surface area contributed by atoms with E-state index in [1.54, 1.807) is 12.1 Å². The molecule has 0 saturated heterocycles. The molecule has 0 bridgehead atoms. The van der Waals surface area contributed by atoms with Crippen LogP contribution in [-0.2, 0) is 0 Å². The highest BCUT2D eigenvalue weighted by molar-refractivity contribution is 6.31. The molecule has 0 N–H and O–H groups in total. The molecular weight excluding hydrogens is 232 g/mol. The molecule has 1 fully saturated rings. The second kappa shape index (κ2) is 4.45. The Morgan fingerprint density at radius 2 is 1.94 bits per heavy atom. The number of carbonyl (C=O) groups is 1. The van der Waals surface area contributed by atoms with Crippen molar-refractivity contribution in [2.45, 2.75) is 33.6 Å². The maximum absolute atomic E-state index is 12.2. The number of carbonyl (C=O) groups excluding carboxylic acids is 1. The van der Waals surface area contributed by atoms with Gasteiger partial charge >= 0.3 is 0 Å². The van der Waals surface area contributed by atoms with Crippen LogP contribution < -0.4 is 0 Å². The van der Waals surface area contributed by atoms with Crippen LogP contribution in [0.1, 0.15) is 44.0 Å². The van der Waals surface area contributed by atoms with Crippen molar-refractivity contribution in [1.29, 1.82) is 0 Å². The molecule has 92 valence electrons. The zero-order chi connectivity index (χ0) is 12.6. The van der Waals surface area contributed by atoms with Crippen LogP contribution in [0.15, 0.2) is 24.3 Å². The summed E-state index contributed by atoms with van der Waals surface area (Å²) in [6, 6.07) is 7.28. The maximum Gasteiger partial charge on any atom is 0.166 e. The quantitative estimate of drug-likeness (QED) is 0.702. The Labute approximate surface area is 108 Å². The first kappa shape index (κ1) is 12.6. The van der Waals surface area contributed by atoms with E-state index in [9.17, 15) is 4.79 Å². The van der Waals surface area contributed by atoms with Crippen molar-refractivity contribution >= 4 is 17.4 Å². The van der Waals surface area contributed by atoms with Gasteiger partial charge in [-0.1, -0.05) is 44.5 Å². The van der Waals surface area contributed by atoms with E-state index in [0.29, 0.717) is 16.4 Å². The van der Waals surface area contributed by atoms with Gasteiger partial charge in [-0.15, -0.1) is 0 Å². The van der Waals surface area contributed by atoms with Crippen molar-refractivity contribution in [1.82, 2.24) is 0 Å². The van der Waals surface area contributed by atoms with Gasteiger partial charge in [-0.2, -0.15) is 0 Å². The lowest BCUT2D eigenvalue weighted by atomic mass is 9.61. The minimum atomic E-state index is 0.206. The summed E-state index contributed by atoms with van der Waals surface area (Å²) in [5.74, 6) is 1.14. The number of halogens is 1. The predicted octanol–water partition coefficient (Wildman–Crippen LogP) is 4.60. The average molecular weight is 251 g/mol. The lowest BCUT2D eigenvalue weighted by Crippen LogP contribution is -2.37. The molecule has 1 saturated carbocycles. The molecule has 2 rings (SSSR count). The third-order valence-corrected chi connectivity index (χ3v) is 4.08. The van der Waals surface area contributed by atoms with Crippen molar-refractivity contribution < 1.29 is 4.79 Å². The first-order valence-electron chi connectivity index (χ1n) is 6.17. The highest BCUT2D eigenvalue weighted by Gasteiger charge is 2.40. The predicted molar refractivity (Wildman–Crippen MR) is 71.5 cm³/mol. The van der Waals surface area contributed by atoms with Gasteiger partial charge in [0.05, 0.1) is 0 Å². The average Bonchev–Trinajstić information content (AvgIpc) is 2.12. The summed E-state index contributed by atoms with van der Waals surface area (Å²) in [6.45, 7) is 6.74. The number of hydrogen-bond donors (Lipinski definition) is 0. The standard InChI is InChI=1S/C15H19ClO/c1-15(2,3)12-7-11(8-12)14(17)10-5-4-6-13(16)9-10/h4-6,9,11-12H,7-8H2,1-3H3. The highest BCUT2D eigenvalue weighted by Crippen LogP contribution is 2.46. The largest absolute Gasteiger partial charge is 0.294 e. The molecular formula is C15H19ClO. The summed E-state index contributed by atoms with van der Waals surface area (Å²) in [5, 5.41) is 0.641. The molecule has 0 atom stereocenters. The van der Waals surface area contributed by atoms with Crippen molar-refractivity contribution in [3.63, 3.8) is 0 Å². The molecule has 2 heteroatoms. The molecule has 0 heterocycles. The van der Waals surface area contributed by atoms with Gasteiger partial charge in [0.1, 0.15) is 0 Å². The smallest absolute Gasteiger partial charge is 0.166 e. The Hall–Kier alpha value is -0.820. The zero-order valence-electron chi connectivity index (χ0n) is 10.7. The van der Waals surface area contributed by atoms with E-state index in [0.717, 1.165) is 18.4 Å². The molecule has 1 nitrogen and oxygen atoms in total. The van der Waals surface area contributed by atoms with Gasteiger partial charge in [-0.25, -0.2) is 0 Å². The van der Waals surface area contributed by atoms with Crippen LogP contribution in [-0.4, -0.2) is 5.78 Å². The molecule has 0 aromatic heterocycles. The second-order valence-corrected chi connectivity index (χ2v) is 6.54. The third-order valence-electron chi connectivity index (χ3n) is 3.84. The summed E-state index contributed by atoms with van der Waals surface area (Å²) < 4.78 is 0. The number of benzene rings is 1. The Morgan fingerprint density at radius 3 is 2.47 bits per heavy atom. The van der Waals surface area contributed by atoms with Crippen LogP contribution >= 0.6 is 11.6 Å². The Balaban J connectivity index is 2.01. The minimum Gasteiger partial charge on any atom is -0.294 e. The molecule has 0 radical (unpaired) electrons. The second-order valence-electron chi connectivity index (χ2n) is 6.11.